The van der Waals surface area contributed by atoms with Gasteiger partial charge in [0.2, 0.25) is 5.91 Å². The first-order valence-electron chi connectivity index (χ1n) is 11.0. The Morgan fingerprint density at radius 2 is 1.70 bits per heavy atom. The average Bonchev–Trinajstić information content (AvgIpc) is 3.22. The maximum Gasteiger partial charge on any atom is 0.332 e. The van der Waals surface area contributed by atoms with Gasteiger partial charge in [-0.25, -0.2) is 14.3 Å². The van der Waals surface area contributed by atoms with Gasteiger partial charge in [-0.05, 0) is 16.3 Å². The van der Waals surface area contributed by atoms with Crippen molar-refractivity contribution in [1.82, 2.24) is 28.5 Å². The Hall–Kier alpha value is -3.72. The third kappa shape index (κ3) is 3.74. The number of carbonyl (C=O) groups excluding carboxylic acids is 1. The molecule has 1 aliphatic rings. The average molecular weight is 447 g/mol. The number of nitrogens with zero attached hydrogens (tertiary/aromatic N) is 6. The molecule has 1 aliphatic heterocycles. The molecular formula is C24H26N6O3. The quantitative estimate of drug-likeness (QED) is 0.466. The van der Waals surface area contributed by atoms with Gasteiger partial charge in [-0.3, -0.25) is 19.1 Å². The fourth-order valence-electron chi connectivity index (χ4n) is 4.60. The summed E-state index contributed by atoms with van der Waals surface area (Å²) in [6, 6.07) is 14.7. The molecule has 0 atom stereocenters. The summed E-state index contributed by atoms with van der Waals surface area (Å²) in [4.78, 5) is 46.7. The Balaban J connectivity index is 1.28. The first-order valence-corrected chi connectivity index (χ1v) is 11.0. The normalized spacial score (nSPS) is 14.9. The van der Waals surface area contributed by atoms with Gasteiger partial charge in [0.15, 0.2) is 11.2 Å². The second kappa shape index (κ2) is 8.32. The lowest BCUT2D eigenvalue weighted by molar-refractivity contribution is -0.133. The summed E-state index contributed by atoms with van der Waals surface area (Å²) in [5, 5.41) is 2.47. The standard InChI is InChI=1S/C24H26N6O3/c1-26-16-25-22-21(26)23(32)30(24(33)27(22)2)15-20(31)29-12-10-28(11-13-29)14-18-8-5-7-17-6-3-4-9-19(17)18/h3-9,16H,10-15H2,1-2H3. The fraction of sp³-hybridized carbons (Fsp3) is 0.333. The highest BCUT2D eigenvalue weighted by molar-refractivity contribution is 5.85. The summed E-state index contributed by atoms with van der Waals surface area (Å²) in [7, 11) is 3.26. The molecule has 1 fully saturated rings. The van der Waals surface area contributed by atoms with Gasteiger partial charge in [0.25, 0.3) is 5.56 Å². The molecule has 0 unspecified atom stereocenters. The molecule has 9 heteroatoms. The molecule has 170 valence electrons. The van der Waals surface area contributed by atoms with Crippen LogP contribution in [0.4, 0.5) is 0 Å². The van der Waals surface area contributed by atoms with Crippen LogP contribution in [0.5, 0.6) is 0 Å². The lowest BCUT2D eigenvalue weighted by Crippen LogP contribution is -2.51. The van der Waals surface area contributed by atoms with Crippen molar-refractivity contribution in [3.05, 3.63) is 75.2 Å². The molecule has 33 heavy (non-hydrogen) atoms. The minimum absolute atomic E-state index is 0.222. The van der Waals surface area contributed by atoms with Crippen molar-refractivity contribution in [2.75, 3.05) is 26.2 Å². The zero-order chi connectivity index (χ0) is 23.1. The van der Waals surface area contributed by atoms with Gasteiger partial charge < -0.3 is 9.47 Å². The third-order valence-electron chi connectivity index (χ3n) is 6.49. The van der Waals surface area contributed by atoms with Crippen LogP contribution >= 0.6 is 0 Å². The van der Waals surface area contributed by atoms with Crippen LogP contribution in [0.25, 0.3) is 21.9 Å². The molecule has 2 aromatic heterocycles. The SMILES string of the molecule is Cn1cnc2c1c(=O)n(CC(=O)N1CCN(Cc3cccc4ccccc34)CC1)c(=O)n2C. The van der Waals surface area contributed by atoms with Crippen LogP contribution in [-0.2, 0) is 32.0 Å². The lowest BCUT2D eigenvalue weighted by atomic mass is 10.0. The van der Waals surface area contributed by atoms with Gasteiger partial charge in [-0.2, -0.15) is 0 Å². The molecule has 0 bridgehead atoms. The van der Waals surface area contributed by atoms with Crippen molar-refractivity contribution >= 4 is 27.8 Å². The van der Waals surface area contributed by atoms with Gasteiger partial charge in [0, 0.05) is 46.8 Å². The number of piperazine rings is 1. The second-order valence-corrected chi connectivity index (χ2v) is 8.56. The van der Waals surface area contributed by atoms with E-state index in [4.69, 9.17) is 0 Å². The predicted octanol–water partition coefficient (Wildman–Crippen LogP) is 0.931. The van der Waals surface area contributed by atoms with Crippen LogP contribution in [0.15, 0.2) is 58.4 Å². The van der Waals surface area contributed by atoms with Gasteiger partial charge in [0.05, 0.1) is 6.33 Å². The summed E-state index contributed by atoms with van der Waals surface area (Å²) in [5.41, 5.74) is 0.876. The van der Waals surface area contributed by atoms with Gasteiger partial charge in [-0.15, -0.1) is 0 Å². The molecular weight excluding hydrogens is 420 g/mol. The number of imidazole rings is 1. The Labute approximate surface area is 190 Å². The van der Waals surface area contributed by atoms with Crippen LogP contribution in [0.2, 0.25) is 0 Å². The first kappa shape index (κ1) is 21.1. The second-order valence-electron chi connectivity index (χ2n) is 8.56. The van der Waals surface area contributed by atoms with Gasteiger partial charge in [-0.1, -0.05) is 42.5 Å². The molecule has 2 aromatic carbocycles. The smallest absolute Gasteiger partial charge is 0.332 e. The van der Waals surface area contributed by atoms with Crippen molar-refractivity contribution in [2.24, 2.45) is 14.1 Å². The van der Waals surface area contributed by atoms with Crippen molar-refractivity contribution in [2.45, 2.75) is 13.1 Å². The van der Waals surface area contributed by atoms with E-state index in [0.717, 1.165) is 24.2 Å². The monoisotopic (exact) mass is 446 g/mol. The fourth-order valence-corrected chi connectivity index (χ4v) is 4.60. The molecule has 0 radical (unpaired) electrons. The van der Waals surface area contributed by atoms with Crippen molar-refractivity contribution < 1.29 is 4.79 Å². The van der Waals surface area contributed by atoms with E-state index >= 15 is 0 Å². The van der Waals surface area contributed by atoms with E-state index in [1.807, 2.05) is 6.07 Å². The number of aromatic nitrogens is 4. The largest absolute Gasteiger partial charge is 0.339 e. The minimum atomic E-state index is -0.533. The number of carbonyl (C=O) groups is 1. The maximum atomic E-state index is 13.0. The van der Waals surface area contributed by atoms with E-state index in [0.29, 0.717) is 24.3 Å². The Bertz CT molecular complexity index is 1470. The molecule has 0 N–H and O–H groups in total. The summed E-state index contributed by atoms with van der Waals surface area (Å²) in [6.07, 6.45) is 1.49. The molecule has 9 nitrogen and oxygen atoms in total. The number of fused-ring (bicyclic) bond motifs is 2. The number of amides is 1. The van der Waals surface area contributed by atoms with Crippen LogP contribution in [-0.4, -0.2) is 60.6 Å². The molecule has 1 saturated heterocycles. The number of benzene rings is 2. The number of rotatable bonds is 4. The first-order chi connectivity index (χ1) is 15.9. The highest BCUT2D eigenvalue weighted by Gasteiger charge is 2.24. The van der Waals surface area contributed by atoms with Crippen LogP contribution in [0.3, 0.4) is 0 Å². The molecule has 0 spiro atoms. The third-order valence-corrected chi connectivity index (χ3v) is 6.49. The zero-order valence-corrected chi connectivity index (χ0v) is 18.8. The summed E-state index contributed by atoms with van der Waals surface area (Å²) in [6.45, 7) is 3.15. The van der Waals surface area contributed by atoms with E-state index < -0.39 is 11.2 Å². The van der Waals surface area contributed by atoms with E-state index in [9.17, 15) is 14.4 Å². The van der Waals surface area contributed by atoms with Crippen LogP contribution < -0.4 is 11.2 Å². The Morgan fingerprint density at radius 3 is 2.48 bits per heavy atom. The molecule has 4 aromatic rings. The Kier molecular flexibility index (Phi) is 5.33. The number of aryl methyl sites for hydroxylation is 2. The van der Waals surface area contributed by atoms with Gasteiger partial charge in [0.1, 0.15) is 6.54 Å². The van der Waals surface area contributed by atoms with Crippen LogP contribution in [0.1, 0.15) is 5.56 Å². The van der Waals surface area contributed by atoms with E-state index in [2.05, 4.69) is 46.3 Å². The lowest BCUT2D eigenvalue weighted by Gasteiger charge is -2.35. The number of hydrogen-bond acceptors (Lipinski definition) is 5. The summed E-state index contributed by atoms with van der Waals surface area (Å²) in [5.74, 6) is -0.222. The summed E-state index contributed by atoms with van der Waals surface area (Å²) < 4.78 is 3.89. The van der Waals surface area contributed by atoms with E-state index in [-0.39, 0.29) is 12.5 Å². The van der Waals surface area contributed by atoms with Crippen molar-refractivity contribution in [3.8, 4) is 0 Å². The van der Waals surface area contributed by atoms with Crippen molar-refractivity contribution in [1.29, 1.82) is 0 Å². The van der Waals surface area contributed by atoms with E-state index in [1.54, 1.807) is 23.6 Å². The summed E-state index contributed by atoms with van der Waals surface area (Å²) >= 11 is 0. The molecule has 0 aliphatic carbocycles. The topological polar surface area (TPSA) is 85.4 Å². The van der Waals surface area contributed by atoms with Gasteiger partial charge >= 0.3 is 5.69 Å². The van der Waals surface area contributed by atoms with Crippen LogP contribution in [0, 0.1) is 0 Å². The molecule has 5 rings (SSSR count). The predicted molar refractivity (Wildman–Crippen MR) is 126 cm³/mol. The molecule has 0 saturated carbocycles. The minimum Gasteiger partial charge on any atom is -0.339 e. The molecule has 3 heterocycles. The van der Waals surface area contributed by atoms with Crippen molar-refractivity contribution in [3.63, 3.8) is 0 Å². The molecule has 1 amide bonds. The number of hydrogen-bond donors (Lipinski definition) is 0. The Morgan fingerprint density at radius 1 is 0.970 bits per heavy atom. The van der Waals surface area contributed by atoms with E-state index in [1.165, 1.54) is 27.2 Å². The zero-order valence-electron chi connectivity index (χ0n) is 18.8. The maximum absolute atomic E-state index is 13.0. The highest BCUT2D eigenvalue weighted by Crippen LogP contribution is 2.20. The highest BCUT2D eigenvalue weighted by atomic mass is 16.2.